The average molecular weight is 656 g/mol. The van der Waals surface area contributed by atoms with Crippen molar-refractivity contribution in [2.45, 2.75) is 24.9 Å². The molecule has 11 heteroatoms. The van der Waals surface area contributed by atoms with Crippen molar-refractivity contribution in [1.29, 1.82) is 0 Å². The minimum atomic E-state index is 0. The fraction of sp³-hybridized carbons (Fsp3) is 0.312. The standard InChI is InChI=1S/C32H34N3O4S3.ClH/c1-4-34-24-11-7-8-12-26(24)40-27(34)21-28-35(15-16-38-19-20-39-18-17-37-3)31(36)30(41-28)32-33(2)25-14-13-22-9-5-6-10-23(22)29(25)42-32;/h5-14,21H,4,15-20H2,1-3H3;1H/q+1;/p-1/b32-30+;. The summed E-state index contributed by atoms with van der Waals surface area (Å²) in [5.41, 5.74) is 2.35. The van der Waals surface area contributed by atoms with E-state index in [0.717, 1.165) is 31.5 Å². The Kier molecular flexibility index (Phi) is 10.6. The Bertz CT molecular complexity index is 1920. The van der Waals surface area contributed by atoms with Crippen LogP contribution in [0, 0.1) is 0 Å². The van der Waals surface area contributed by atoms with E-state index in [1.807, 2.05) is 4.57 Å². The maximum absolute atomic E-state index is 14.1. The fourth-order valence-electron chi connectivity index (χ4n) is 5.17. The number of anilines is 1. The zero-order valence-electron chi connectivity index (χ0n) is 24.4. The number of fused-ring (bicyclic) bond motifs is 4. The minimum absolute atomic E-state index is 0. The first-order chi connectivity index (χ1) is 20.6. The van der Waals surface area contributed by atoms with E-state index in [0.29, 0.717) is 39.6 Å². The number of aromatic nitrogens is 2. The molecule has 6 rings (SSSR count). The van der Waals surface area contributed by atoms with E-state index in [9.17, 15) is 4.79 Å². The first-order valence-electron chi connectivity index (χ1n) is 14.1. The predicted molar refractivity (Wildman–Crippen MR) is 174 cm³/mol. The molecular weight excluding hydrogens is 622 g/mol. The molecule has 7 nitrogen and oxygen atoms in total. The van der Waals surface area contributed by atoms with Crippen molar-refractivity contribution >= 4 is 72.2 Å². The minimum Gasteiger partial charge on any atom is -1.00 e. The first-order valence-corrected chi connectivity index (χ1v) is 16.5. The maximum Gasteiger partial charge on any atom is 0.271 e. The van der Waals surface area contributed by atoms with Gasteiger partial charge in [0, 0.05) is 25.1 Å². The molecule has 0 saturated heterocycles. The number of ether oxygens (including phenoxy) is 3. The second-order valence-corrected chi connectivity index (χ2v) is 12.9. The lowest BCUT2D eigenvalue weighted by Crippen LogP contribution is -3.00. The highest BCUT2D eigenvalue weighted by atomic mass is 35.5. The third kappa shape index (κ3) is 6.42. The number of rotatable bonds is 11. The molecule has 0 N–H and O–H groups in total. The normalized spacial score (nSPS) is 14.6. The van der Waals surface area contributed by atoms with Crippen LogP contribution in [-0.4, -0.2) is 51.8 Å². The number of nitrogens with zero attached hydrogens (tertiary/aromatic N) is 3. The Morgan fingerprint density at radius 1 is 0.907 bits per heavy atom. The molecule has 0 fully saturated rings. The predicted octanol–water partition coefficient (Wildman–Crippen LogP) is 1.41. The highest BCUT2D eigenvalue weighted by Gasteiger charge is 2.27. The number of aryl methyl sites for hydroxylation is 1. The van der Waals surface area contributed by atoms with Crippen molar-refractivity contribution in [1.82, 2.24) is 4.57 Å². The van der Waals surface area contributed by atoms with Gasteiger partial charge in [0.1, 0.15) is 25.5 Å². The van der Waals surface area contributed by atoms with Gasteiger partial charge in [0.25, 0.3) is 10.6 Å². The van der Waals surface area contributed by atoms with Crippen LogP contribution in [0.3, 0.4) is 0 Å². The quantitative estimate of drug-likeness (QED) is 0.159. The summed E-state index contributed by atoms with van der Waals surface area (Å²) in [5.74, 6) is 0. The molecular formula is C32H34ClN3O4S3. The Morgan fingerprint density at radius 2 is 1.65 bits per heavy atom. The molecule has 1 aliphatic rings. The molecule has 226 valence electrons. The summed E-state index contributed by atoms with van der Waals surface area (Å²) in [6.45, 7) is 5.97. The average Bonchev–Trinajstić information content (AvgIpc) is 3.64. The molecule has 0 bridgehead atoms. The van der Waals surface area contributed by atoms with Gasteiger partial charge in [-0.25, -0.2) is 0 Å². The molecule has 0 saturated carbocycles. The lowest BCUT2D eigenvalue weighted by molar-refractivity contribution is -0.665. The fourth-order valence-corrected chi connectivity index (χ4v) is 8.96. The van der Waals surface area contributed by atoms with E-state index < -0.39 is 0 Å². The largest absolute Gasteiger partial charge is 1.00 e. The highest BCUT2D eigenvalue weighted by molar-refractivity contribution is 8.09. The van der Waals surface area contributed by atoms with Crippen LogP contribution in [0.25, 0.3) is 32.1 Å². The van der Waals surface area contributed by atoms with Gasteiger partial charge in [-0.3, -0.25) is 9.36 Å². The Labute approximate surface area is 269 Å². The first kappa shape index (κ1) is 31.7. The number of hydrogen-bond donors (Lipinski definition) is 0. The van der Waals surface area contributed by atoms with Gasteiger partial charge < -0.3 is 31.5 Å². The maximum atomic E-state index is 14.1. The van der Waals surface area contributed by atoms with Crippen LogP contribution in [0.2, 0.25) is 0 Å². The van der Waals surface area contributed by atoms with Crippen molar-refractivity contribution in [2.75, 3.05) is 52.1 Å². The summed E-state index contributed by atoms with van der Waals surface area (Å²) in [7, 11) is 3.71. The molecule has 2 aromatic heterocycles. The van der Waals surface area contributed by atoms with Crippen molar-refractivity contribution in [2.24, 2.45) is 0 Å². The molecule has 43 heavy (non-hydrogen) atoms. The molecule has 0 spiro atoms. The summed E-state index contributed by atoms with van der Waals surface area (Å²) < 4.78 is 23.5. The molecule has 0 aliphatic carbocycles. The van der Waals surface area contributed by atoms with E-state index in [-0.39, 0.29) is 18.0 Å². The number of halogens is 1. The molecule has 0 unspecified atom stereocenters. The third-order valence-electron chi connectivity index (χ3n) is 7.29. The van der Waals surface area contributed by atoms with Crippen molar-refractivity contribution < 1.29 is 31.2 Å². The lowest BCUT2D eigenvalue weighted by Gasteiger charge is -2.12. The second kappa shape index (κ2) is 14.4. The van der Waals surface area contributed by atoms with Crippen LogP contribution in [0.4, 0.5) is 5.69 Å². The summed E-state index contributed by atoms with van der Waals surface area (Å²) in [6.07, 6.45) is 2.17. The van der Waals surface area contributed by atoms with E-state index >= 15 is 0 Å². The van der Waals surface area contributed by atoms with Gasteiger partial charge in [0.05, 0.1) is 51.3 Å². The SMILES string of the molecule is CC[n+]1c(/C=c2/s/c(=C3/Sc4c(ccc5ccccc45)N3C)c(=O)n2CCOCCOCCOC)sc2ccccc21.[Cl-]. The van der Waals surface area contributed by atoms with E-state index in [2.05, 4.69) is 90.2 Å². The zero-order chi connectivity index (χ0) is 29.1. The van der Waals surface area contributed by atoms with Crippen LogP contribution in [0.15, 0.2) is 70.4 Å². The summed E-state index contributed by atoms with van der Waals surface area (Å²) in [4.78, 5) is 17.4. The van der Waals surface area contributed by atoms with Gasteiger partial charge in [-0.1, -0.05) is 65.6 Å². The lowest BCUT2D eigenvalue weighted by atomic mass is 10.1. The third-order valence-corrected chi connectivity index (χ3v) is 11.0. The smallest absolute Gasteiger partial charge is 0.271 e. The number of benzene rings is 3. The van der Waals surface area contributed by atoms with Crippen LogP contribution < -0.4 is 36.6 Å². The zero-order valence-corrected chi connectivity index (χ0v) is 27.6. The van der Waals surface area contributed by atoms with Crippen LogP contribution in [0.5, 0.6) is 0 Å². The second-order valence-electron chi connectivity index (χ2n) is 9.84. The van der Waals surface area contributed by atoms with E-state index in [1.165, 1.54) is 25.9 Å². The highest BCUT2D eigenvalue weighted by Crippen LogP contribution is 2.48. The number of thioether (sulfide) groups is 1. The number of para-hydroxylation sites is 1. The van der Waals surface area contributed by atoms with Gasteiger partial charge in [0.2, 0.25) is 5.52 Å². The molecule has 3 aromatic carbocycles. The Morgan fingerprint density at radius 3 is 2.47 bits per heavy atom. The van der Waals surface area contributed by atoms with Crippen LogP contribution >= 0.6 is 34.4 Å². The Balaban J connectivity index is 0.00000368. The molecule has 3 heterocycles. The Hall–Kier alpha value is -2.70. The summed E-state index contributed by atoms with van der Waals surface area (Å²) in [6, 6.07) is 21.2. The van der Waals surface area contributed by atoms with Gasteiger partial charge >= 0.3 is 0 Å². The van der Waals surface area contributed by atoms with Crippen LogP contribution in [-0.2, 0) is 27.3 Å². The molecule has 0 amide bonds. The molecule has 1 aliphatic heterocycles. The van der Waals surface area contributed by atoms with Gasteiger partial charge in [-0.2, -0.15) is 4.57 Å². The van der Waals surface area contributed by atoms with E-state index in [1.54, 1.807) is 41.5 Å². The molecule has 0 radical (unpaired) electrons. The van der Waals surface area contributed by atoms with Crippen molar-refractivity contribution in [3.8, 4) is 0 Å². The number of hydrogen-bond acceptors (Lipinski definition) is 8. The topological polar surface area (TPSA) is 56.8 Å². The molecule has 5 aromatic rings. The molecule has 0 atom stereocenters. The van der Waals surface area contributed by atoms with Crippen LogP contribution in [0.1, 0.15) is 11.9 Å². The van der Waals surface area contributed by atoms with Crippen molar-refractivity contribution in [3.63, 3.8) is 0 Å². The van der Waals surface area contributed by atoms with Gasteiger partial charge in [-0.05, 0) is 29.8 Å². The number of thiazole rings is 2. The van der Waals surface area contributed by atoms with Crippen molar-refractivity contribution in [3.05, 3.63) is 85.2 Å². The number of methoxy groups -OCH3 is 1. The van der Waals surface area contributed by atoms with E-state index in [4.69, 9.17) is 14.2 Å². The van der Waals surface area contributed by atoms with Gasteiger partial charge in [0.15, 0.2) is 0 Å². The monoisotopic (exact) mass is 655 g/mol. The summed E-state index contributed by atoms with van der Waals surface area (Å²) in [5, 5.41) is 4.51. The summed E-state index contributed by atoms with van der Waals surface area (Å²) >= 11 is 5.00. The van der Waals surface area contributed by atoms with Gasteiger partial charge in [-0.15, -0.1) is 11.3 Å².